The van der Waals surface area contributed by atoms with Crippen LogP contribution in [0.5, 0.6) is 0 Å². The van der Waals surface area contributed by atoms with Crippen LogP contribution in [0.4, 0.5) is 0 Å². The van der Waals surface area contributed by atoms with Crippen LogP contribution >= 0.6 is 0 Å². The second-order valence-corrected chi connectivity index (χ2v) is 4.66. The van der Waals surface area contributed by atoms with Crippen molar-refractivity contribution in [1.82, 2.24) is 10.2 Å². The Morgan fingerprint density at radius 3 is 2.31 bits per heavy atom. The maximum atomic E-state index is 9.34. The van der Waals surface area contributed by atoms with Crippen LogP contribution in [0.25, 0.3) is 0 Å². The van der Waals surface area contributed by atoms with Gasteiger partial charge in [0.15, 0.2) is 0 Å². The molecule has 1 atom stereocenters. The predicted octanol–water partition coefficient (Wildman–Crippen LogP) is 2.00. The van der Waals surface area contributed by atoms with Crippen LogP contribution in [-0.2, 0) is 0 Å². The van der Waals surface area contributed by atoms with Crippen molar-refractivity contribution in [3.63, 3.8) is 0 Å². The lowest BCUT2D eigenvalue weighted by atomic mass is 9.92. The zero-order valence-electron chi connectivity index (χ0n) is 10.9. The first-order valence-corrected chi connectivity index (χ1v) is 6.61. The lowest BCUT2D eigenvalue weighted by Crippen LogP contribution is -2.48. The summed E-state index contributed by atoms with van der Waals surface area (Å²) < 4.78 is 0. The smallest absolute Gasteiger partial charge is 0.109 e. The second kappa shape index (κ2) is 6.22. The summed E-state index contributed by atoms with van der Waals surface area (Å²) in [6, 6.07) is 2.51. The van der Waals surface area contributed by atoms with E-state index in [1.165, 1.54) is 12.8 Å². The maximum absolute atomic E-state index is 9.34. The van der Waals surface area contributed by atoms with Gasteiger partial charge in [-0.15, -0.1) is 0 Å². The van der Waals surface area contributed by atoms with Crippen LogP contribution in [0.3, 0.4) is 0 Å². The van der Waals surface area contributed by atoms with E-state index >= 15 is 0 Å². The van der Waals surface area contributed by atoms with Gasteiger partial charge in [0.2, 0.25) is 0 Å². The molecule has 0 radical (unpaired) electrons. The summed E-state index contributed by atoms with van der Waals surface area (Å²) in [6.07, 6.45) is 3.37. The molecule has 0 spiro atoms. The fourth-order valence-corrected chi connectivity index (χ4v) is 2.32. The average molecular weight is 223 g/mol. The largest absolute Gasteiger partial charge is 0.303 e. The highest BCUT2D eigenvalue weighted by Crippen LogP contribution is 2.41. The first kappa shape index (κ1) is 13.5. The van der Waals surface area contributed by atoms with Crippen molar-refractivity contribution in [3.05, 3.63) is 0 Å². The van der Waals surface area contributed by atoms with E-state index in [0.29, 0.717) is 5.92 Å². The zero-order valence-corrected chi connectivity index (χ0v) is 10.9. The van der Waals surface area contributed by atoms with Crippen LogP contribution in [0.2, 0.25) is 0 Å². The summed E-state index contributed by atoms with van der Waals surface area (Å²) in [5.74, 6) is 0.596. The van der Waals surface area contributed by atoms with Crippen LogP contribution in [-0.4, -0.2) is 36.6 Å². The van der Waals surface area contributed by atoms with Gasteiger partial charge in [0.1, 0.15) is 5.54 Å². The maximum Gasteiger partial charge on any atom is 0.109 e. The van der Waals surface area contributed by atoms with Gasteiger partial charge < -0.3 is 4.90 Å². The molecule has 1 rings (SSSR count). The number of nitriles is 1. The van der Waals surface area contributed by atoms with E-state index < -0.39 is 0 Å². The van der Waals surface area contributed by atoms with Gasteiger partial charge in [-0.2, -0.15) is 5.26 Å². The zero-order chi connectivity index (χ0) is 12.0. The molecule has 1 N–H and O–H groups in total. The van der Waals surface area contributed by atoms with Crippen molar-refractivity contribution >= 4 is 0 Å². The van der Waals surface area contributed by atoms with E-state index in [9.17, 15) is 5.26 Å². The Hall–Kier alpha value is -0.590. The lowest BCUT2D eigenvalue weighted by molar-refractivity contribution is 0.273. The van der Waals surface area contributed by atoms with Crippen molar-refractivity contribution in [1.29, 1.82) is 5.26 Å². The van der Waals surface area contributed by atoms with E-state index in [0.717, 1.165) is 32.6 Å². The van der Waals surface area contributed by atoms with Crippen LogP contribution in [0.15, 0.2) is 0 Å². The highest BCUT2D eigenvalue weighted by atomic mass is 15.1. The van der Waals surface area contributed by atoms with Gasteiger partial charge in [0, 0.05) is 13.1 Å². The number of nitrogens with one attached hydrogen (secondary N) is 1. The SMILES string of the molecule is CCN(CC)CCNC(C#N)(CC)C1CC1. The Labute approximate surface area is 99.8 Å². The van der Waals surface area contributed by atoms with Crippen molar-refractivity contribution in [2.75, 3.05) is 26.2 Å². The van der Waals surface area contributed by atoms with E-state index in [1.807, 2.05) is 0 Å². The molecule has 0 aliphatic heterocycles. The molecule has 0 heterocycles. The first-order valence-electron chi connectivity index (χ1n) is 6.61. The number of likely N-dealkylation sites (N-methyl/N-ethyl adjacent to an activating group) is 1. The summed E-state index contributed by atoms with van der Waals surface area (Å²) in [5.41, 5.74) is -0.243. The van der Waals surface area contributed by atoms with Crippen molar-refractivity contribution in [2.45, 2.75) is 45.6 Å². The molecule has 1 fully saturated rings. The van der Waals surface area contributed by atoms with Gasteiger partial charge in [0.05, 0.1) is 6.07 Å². The second-order valence-electron chi connectivity index (χ2n) is 4.66. The standard InChI is InChI=1S/C13H25N3/c1-4-13(11-14,12-7-8-12)15-9-10-16(5-2)6-3/h12,15H,4-10H2,1-3H3. The fourth-order valence-electron chi connectivity index (χ4n) is 2.32. The predicted molar refractivity (Wildman–Crippen MR) is 67.1 cm³/mol. The molecule has 0 aromatic carbocycles. The third-order valence-corrected chi connectivity index (χ3v) is 3.79. The highest BCUT2D eigenvalue weighted by Gasteiger charge is 2.43. The Morgan fingerprint density at radius 1 is 1.31 bits per heavy atom. The molecule has 0 aromatic rings. The quantitative estimate of drug-likeness (QED) is 0.684. The summed E-state index contributed by atoms with van der Waals surface area (Å²) in [4.78, 5) is 2.39. The lowest BCUT2D eigenvalue weighted by Gasteiger charge is -2.28. The van der Waals surface area contributed by atoms with E-state index in [2.05, 4.69) is 37.1 Å². The molecule has 1 unspecified atom stereocenters. The fraction of sp³-hybridized carbons (Fsp3) is 0.923. The van der Waals surface area contributed by atoms with Gasteiger partial charge in [-0.25, -0.2) is 0 Å². The van der Waals surface area contributed by atoms with E-state index in [4.69, 9.17) is 0 Å². The number of hydrogen-bond donors (Lipinski definition) is 1. The van der Waals surface area contributed by atoms with E-state index in [-0.39, 0.29) is 5.54 Å². The molecular formula is C13H25N3. The molecular weight excluding hydrogens is 198 g/mol. The van der Waals surface area contributed by atoms with Crippen molar-refractivity contribution in [3.8, 4) is 6.07 Å². The summed E-state index contributed by atoms with van der Waals surface area (Å²) in [5, 5.41) is 12.8. The molecule has 0 bridgehead atoms. The molecule has 16 heavy (non-hydrogen) atoms. The first-order chi connectivity index (χ1) is 7.72. The van der Waals surface area contributed by atoms with Crippen LogP contribution < -0.4 is 5.32 Å². The number of hydrogen-bond acceptors (Lipinski definition) is 3. The molecule has 1 aliphatic carbocycles. The van der Waals surface area contributed by atoms with E-state index in [1.54, 1.807) is 0 Å². The average Bonchev–Trinajstić information content (AvgIpc) is 3.15. The molecule has 92 valence electrons. The third-order valence-electron chi connectivity index (χ3n) is 3.79. The monoisotopic (exact) mass is 223 g/mol. The third kappa shape index (κ3) is 3.20. The Balaban J connectivity index is 2.36. The molecule has 3 nitrogen and oxygen atoms in total. The highest BCUT2D eigenvalue weighted by molar-refractivity contribution is 5.14. The minimum atomic E-state index is -0.243. The normalized spacial score (nSPS) is 19.4. The minimum absolute atomic E-state index is 0.243. The molecule has 0 amide bonds. The molecule has 3 heteroatoms. The van der Waals surface area contributed by atoms with Gasteiger partial charge in [-0.1, -0.05) is 20.8 Å². The topological polar surface area (TPSA) is 39.1 Å². The van der Waals surface area contributed by atoms with Gasteiger partial charge in [-0.05, 0) is 38.3 Å². The van der Waals surface area contributed by atoms with Gasteiger partial charge >= 0.3 is 0 Å². The Bertz CT molecular complexity index is 238. The summed E-state index contributed by atoms with van der Waals surface area (Å²) >= 11 is 0. The minimum Gasteiger partial charge on any atom is -0.303 e. The Kier molecular flexibility index (Phi) is 5.24. The van der Waals surface area contributed by atoms with Crippen LogP contribution in [0, 0.1) is 17.2 Å². The summed E-state index contributed by atoms with van der Waals surface area (Å²) in [7, 11) is 0. The molecule has 0 saturated heterocycles. The number of nitrogens with zero attached hydrogens (tertiary/aromatic N) is 2. The van der Waals surface area contributed by atoms with Gasteiger partial charge in [0.25, 0.3) is 0 Å². The van der Waals surface area contributed by atoms with Crippen molar-refractivity contribution < 1.29 is 0 Å². The molecule has 1 saturated carbocycles. The Morgan fingerprint density at radius 2 is 1.94 bits per heavy atom. The van der Waals surface area contributed by atoms with Gasteiger partial charge in [-0.3, -0.25) is 5.32 Å². The molecule has 1 aliphatic rings. The molecule has 0 aromatic heterocycles. The summed E-state index contributed by atoms with van der Waals surface area (Å²) in [6.45, 7) is 10.6. The van der Waals surface area contributed by atoms with Crippen molar-refractivity contribution in [2.24, 2.45) is 5.92 Å². The van der Waals surface area contributed by atoms with Crippen LogP contribution in [0.1, 0.15) is 40.0 Å². The number of rotatable bonds is 8.